The van der Waals surface area contributed by atoms with Gasteiger partial charge in [0.1, 0.15) is 5.82 Å². The summed E-state index contributed by atoms with van der Waals surface area (Å²) in [7, 11) is 0. The Hall–Kier alpha value is -1.82. The topological polar surface area (TPSA) is 37.8 Å². The Morgan fingerprint density at radius 3 is 2.11 bits per heavy atom. The van der Waals surface area contributed by atoms with Crippen LogP contribution in [0.1, 0.15) is 57.5 Å². The Balaban J connectivity index is 2.54. The summed E-state index contributed by atoms with van der Waals surface area (Å²) in [6, 6.07) is 3.65. The lowest BCUT2D eigenvalue weighted by molar-refractivity contribution is -0.137. The lowest BCUT2D eigenvalue weighted by Gasteiger charge is -2.20. The molecule has 0 aliphatic rings. The molecule has 148 valence electrons. The monoisotopic (exact) mass is 399 g/mol. The van der Waals surface area contributed by atoms with Gasteiger partial charge in [0.15, 0.2) is 0 Å². The van der Waals surface area contributed by atoms with Crippen molar-refractivity contribution in [1.82, 2.24) is 9.97 Å². The molecule has 0 fully saturated rings. The van der Waals surface area contributed by atoms with Gasteiger partial charge in [-0.1, -0.05) is 45.4 Å². The van der Waals surface area contributed by atoms with Crippen LogP contribution in [0.25, 0.3) is 11.3 Å². The van der Waals surface area contributed by atoms with E-state index < -0.39 is 11.7 Å². The van der Waals surface area contributed by atoms with Crippen molar-refractivity contribution < 1.29 is 13.2 Å². The summed E-state index contributed by atoms with van der Waals surface area (Å²) in [4.78, 5) is 9.45. The van der Waals surface area contributed by atoms with Crippen molar-refractivity contribution in [2.24, 2.45) is 0 Å². The Bertz CT molecular complexity index is 787. The first-order valence-corrected chi connectivity index (χ1v) is 9.66. The number of nitrogens with one attached hydrogen (secondary N) is 1. The van der Waals surface area contributed by atoms with Gasteiger partial charge in [0.2, 0.25) is 0 Å². The number of alkyl halides is 3. The van der Waals surface area contributed by atoms with Gasteiger partial charge in [-0.15, -0.1) is 0 Å². The van der Waals surface area contributed by atoms with Gasteiger partial charge >= 0.3 is 6.18 Å². The molecule has 0 aliphatic carbocycles. The van der Waals surface area contributed by atoms with Gasteiger partial charge < -0.3 is 5.32 Å². The molecule has 0 spiro atoms. The van der Waals surface area contributed by atoms with Crippen molar-refractivity contribution >= 4 is 17.4 Å². The maximum absolute atomic E-state index is 12.9. The van der Waals surface area contributed by atoms with E-state index in [9.17, 15) is 13.2 Å². The van der Waals surface area contributed by atoms with Gasteiger partial charge in [-0.25, -0.2) is 9.97 Å². The quantitative estimate of drug-likeness (QED) is 0.574. The highest BCUT2D eigenvalue weighted by Crippen LogP contribution is 2.36. The van der Waals surface area contributed by atoms with Gasteiger partial charge in [-0.05, 0) is 37.8 Å². The highest BCUT2D eigenvalue weighted by atomic mass is 35.5. The van der Waals surface area contributed by atoms with Crippen molar-refractivity contribution in [2.45, 2.75) is 65.6 Å². The fraction of sp³-hybridized carbons (Fsp3) is 0.500. The summed E-state index contributed by atoms with van der Waals surface area (Å²) in [5, 5.41) is 3.46. The van der Waals surface area contributed by atoms with Crippen LogP contribution in [-0.2, 0) is 19.0 Å². The van der Waals surface area contributed by atoms with Crippen LogP contribution >= 0.6 is 11.6 Å². The molecule has 0 saturated heterocycles. The molecular weight excluding hydrogens is 375 g/mol. The highest BCUT2D eigenvalue weighted by molar-refractivity contribution is 6.33. The molecule has 1 heterocycles. The summed E-state index contributed by atoms with van der Waals surface area (Å²) in [6.45, 7) is 8.14. The molecule has 2 rings (SSSR count). The zero-order valence-corrected chi connectivity index (χ0v) is 16.8. The van der Waals surface area contributed by atoms with Crippen LogP contribution in [0, 0.1) is 0 Å². The van der Waals surface area contributed by atoms with Crippen LogP contribution in [0.15, 0.2) is 18.2 Å². The number of aryl methyl sites for hydroxylation is 2. The van der Waals surface area contributed by atoms with Crippen LogP contribution < -0.4 is 5.32 Å². The van der Waals surface area contributed by atoms with E-state index in [4.69, 9.17) is 21.6 Å². The fourth-order valence-electron chi connectivity index (χ4n) is 2.90. The second-order valence-corrected chi connectivity index (χ2v) is 6.78. The number of aromatic nitrogens is 2. The molecular formula is C20H25ClF3N3. The molecule has 0 radical (unpaired) electrons. The first-order valence-electron chi connectivity index (χ1n) is 9.28. The van der Waals surface area contributed by atoms with Crippen molar-refractivity contribution in [3.8, 4) is 11.3 Å². The number of rotatable bonds is 7. The van der Waals surface area contributed by atoms with Gasteiger partial charge in [-0.2, -0.15) is 13.2 Å². The number of hydrogen-bond acceptors (Lipinski definition) is 3. The normalized spacial score (nSPS) is 11.9. The summed E-state index contributed by atoms with van der Waals surface area (Å²) < 4.78 is 38.7. The SMILES string of the molecule is CCc1nc(-c2ccc(C(F)(F)F)cc2Cl)c(CC)nc1NC(CC)CC. The Kier molecular flexibility index (Phi) is 7.09. The molecule has 1 N–H and O–H groups in total. The van der Waals surface area contributed by atoms with Crippen LogP contribution in [0.5, 0.6) is 0 Å². The van der Waals surface area contributed by atoms with E-state index in [0.717, 1.165) is 36.5 Å². The van der Waals surface area contributed by atoms with Gasteiger partial charge in [-0.3, -0.25) is 0 Å². The summed E-state index contributed by atoms with van der Waals surface area (Å²) in [5.74, 6) is 0.745. The molecule has 0 bridgehead atoms. The largest absolute Gasteiger partial charge is 0.416 e. The van der Waals surface area contributed by atoms with Crippen LogP contribution in [0.4, 0.5) is 19.0 Å². The van der Waals surface area contributed by atoms with E-state index in [1.54, 1.807) is 0 Å². The van der Waals surface area contributed by atoms with Crippen LogP contribution in [0.2, 0.25) is 5.02 Å². The number of benzene rings is 1. The van der Waals surface area contributed by atoms with Crippen LogP contribution in [-0.4, -0.2) is 16.0 Å². The maximum atomic E-state index is 12.9. The minimum atomic E-state index is -4.43. The number of hydrogen-bond donors (Lipinski definition) is 1. The third kappa shape index (κ3) is 4.92. The maximum Gasteiger partial charge on any atom is 0.416 e. The van der Waals surface area contributed by atoms with Crippen molar-refractivity contribution in [3.63, 3.8) is 0 Å². The predicted molar refractivity (Wildman–Crippen MR) is 104 cm³/mol. The summed E-state index contributed by atoms with van der Waals surface area (Å²) in [6.07, 6.45) is -1.24. The number of nitrogens with zero attached hydrogens (tertiary/aromatic N) is 2. The van der Waals surface area contributed by atoms with Crippen molar-refractivity contribution in [3.05, 3.63) is 40.2 Å². The minimum absolute atomic E-state index is 0.0246. The Labute approximate surface area is 163 Å². The third-order valence-electron chi connectivity index (χ3n) is 4.59. The Morgan fingerprint density at radius 1 is 1.00 bits per heavy atom. The van der Waals surface area contributed by atoms with Gasteiger partial charge in [0.25, 0.3) is 0 Å². The molecule has 7 heteroatoms. The first-order chi connectivity index (χ1) is 12.7. The third-order valence-corrected chi connectivity index (χ3v) is 4.90. The molecule has 0 amide bonds. The predicted octanol–water partition coefficient (Wildman–Crippen LogP) is 6.54. The molecule has 1 aromatic heterocycles. The van der Waals surface area contributed by atoms with E-state index in [2.05, 4.69) is 19.2 Å². The van der Waals surface area contributed by atoms with E-state index in [1.807, 2.05) is 13.8 Å². The van der Waals surface area contributed by atoms with E-state index >= 15 is 0 Å². The molecule has 0 atom stereocenters. The standard InChI is InChI=1S/C20H25ClF3N3/c1-5-13(6-2)25-19-17(8-4)26-18(16(7-3)27-19)14-10-9-12(11-15(14)21)20(22,23)24/h9-11,13H,5-8H2,1-4H3,(H,25,27). The van der Waals surface area contributed by atoms with E-state index in [1.165, 1.54) is 6.07 Å². The lowest BCUT2D eigenvalue weighted by Crippen LogP contribution is -2.20. The second-order valence-electron chi connectivity index (χ2n) is 6.37. The van der Waals surface area contributed by atoms with Gasteiger partial charge in [0.05, 0.1) is 27.7 Å². The minimum Gasteiger partial charge on any atom is -0.366 e. The molecule has 2 aromatic rings. The molecule has 1 aromatic carbocycles. The number of halogens is 4. The molecule has 3 nitrogen and oxygen atoms in total. The molecule has 0 aliphatic heterocycles. The highest BCUT2D eigenvalue weighted by Gasteiger charge is 2.31. The lowest BCUT2D eigenvalue weighted by atomic mass is 10.0. The Morgan fingerprint density at radius 2 is 1.63 bits per heavy atom. The second kappa shape index (κ2) is 8.91. The zero-order chi connectivity index (χ0) is 20.2. The average Bonchev–Trinajstić information content (AvgIpc) is 2.64. The zero-order valence-electron chi connectivity index (χ0n) is 16.0. The molecule has 0 saturated carbocycles. The van der Waals surface area contributed by atoms with E-state index in [-0.39, 0.29) is 5.02 Å². The molecule has 0 unspecified atom stereocenters. The molecule has 27 heavy (non-hydrogen) atoms. The van der Waals surface area contributed by atoms with Gasteiger partial charge in [0, 0.05) is 11.6 Å². The van der Waals surface area contributed by atoms with Crippen LogP contribution in [0.3, 0.4) is 0 Å². The van der Waals surface area contributed by atoms with Crippen molar-refractivity contribution in [1.29, 1.82) is 0 Å². The smallest absolute Gasteiger partial charge is 0.366 e. The number of anilines is 1. The fourth-order valence-corrected chi connectivity index (χ4v) is 3.17. The average molecular weight is 400 g/mol. The van der Waals surface area contributed by atoms with Crippen molar-refractivity contribution in [2.75, 3.05) is 5.32 Å². The summed E-state index contributed by atoms with van der Waals surface area (Å²) >= 11 is 6.18. The first kappa shape index (κ1) is 21.5. The summed E-state index contributed by atoms with van der Waals surface area (Å²) in [5.41, 5.74) is 1.73. The van der Waals surface area contributed by atoms with E-state index in [0.29, 0.717) is 35.8 Å².